The molecule has 0 saturated heterocycles. The Morgan fingerprint density at radius 2 is 1.78 bits per heavy atom. The molecule has 3 nitrogen and oxygen atoms in total. The number of halogens is 4. The summed E-state index contributed by atoms with van der Waals surface area (Å²) >= 11 is 0. The number of alkyl halides is 3. The number of nitrogens with zero attached hydrogens (tertiary/aromatic N) is 1. The van der Waals surface area contributed by atoms with Crippen molar-refractivity contribution < 1.29 is 22.7 Å². The van der Waals surface area contributed by atoms with Crippen LogP contribution < -0.4 is 4.74 Å². The van der Waals surface area contributed by atoms with Crippen LogP contribution in [0, 0.1) is 5.92 Å². The summed E-state index contributed by atoms with van der Waals surface area (Å²) in [7, 11) is 5.18. The van der Waals surface area contributed by atoms with Crippen LogP contribution in [0.1, 0.15) is 21.5 Å². The minimum Gasteiger partial charge on any atom is -0.497 e. The maximum Gasteiger partial charge on any atom is 0.416 e. The number of ether oxygens (including phenoxy) is 1. The highest BCUT2D eigenvalue weighted by Crippen LogP contribution is 2.30. The van der Waals surface area contributed by atoms with Crippen molar-refractivity contribution in [3.8, 4) is 5.75 Å². The summed E-state index contributed by atoms with van der Waals surface area (Å²) in [5.41, 5.74) is 0.276. The first kappa shape index (κ1) is 23.0. The van der Waals surface area contributed by atoms with E-state index in [1.165, 1.54) is 13.2 Å². The zero-order valence-electron chi connectivity index (χ0n) is 15.4. The van der Waals surface area contributed by atoms with E-state index in [4.69, 9.17) is 4.74 Å². The van der Waals surface area contributed by atoms with Gasteiger partial charge in [-0.1, -0.05) is 30.3 Å². The molecule has 0 bridgehead atoms. The fourth-order valence-corrected chi connectivity index (χ4v) is 2.85. The fraction of sp³-hybridized carbons (Fsp3) is 0.350. The SMILES string of the molecule is COc1cccc(C(=O)C(Cc2cccc(C(F)(F)F)c2)CN(C)C)c1.Cl. The molecule has 0 aliphatic rings. The van der Waals surface area contributed by atoms with Crippen molar-refractivity contribution in [1.29, 1.82) is 0 Å². The van der Waals surface area contributed by atoms with Crippen molar-refractivity contribution in [1.82, 2.24) is 4.90 Å². The van der Waals surface area contributed by atoms with Gasteiger partial charge in [0.05, 0.1) is 12.7 Å². The molecule has 148 valence electrons. The van der Waals surface area contributed by atoms with E-state index in [0.29, 0.717) is 23.4 Å². The highest BCUT2D eigenvalue weighted by molar-refractivity contribution is 5.98. The first-order valence-corrected chi connectivity index (χ1v) is 8.20. The number of ketones is 1. The second-order valence-corrected chi connectivity index (χ2v) is 6.46. The van der Waals surface area contributed by atoms with Crippen LogP contribution in [-0.2, 0) is 12.6 Å². The molecular weight excluding hydrogens is 379 g/mol. The van der Waals surface area contributed by atoms with E-state index in [9.17, 15) is 18.0 Å². The first-order chi connectivity index (χ1) is 12.2. The molecule has 0 aliphatic heterocycles. The summed E-state index contributed by atoms with van der Waals surface area (Å²) in [6.07, 6.45) is -4.16. The molecule has 2 aromatic rings. The van der Waals surface area contributed by atoms with Gasteiger partial charge in [-0.15, -0.1) is 12.4 Å². The van der Waals surface area contributed by atoms with Crippen LogP contribution in [-0.4, -0.2) is 38.4 Å². The maximum atomic E-state index is 12.9. The molecule has 0 saturated carbocycles. The van der Waals surface area contributed by atoms with Gasteiger partial charge in [-0.3, -0.25) is 4.79 Å². The van der Waals surface area contributed by atoms with E-state index in [2.05, 4.69) is 0 Å². The van der Waals surface area contributed by atoms with Gasteiger partial charge in [0, 0.05) is 18.0 Å². The third-order valence-corrected chi connectivity index (χ3v) is 4.05. The number of benzene rings is 2. The molecule has 0 spiro atoms. The third kappa shape index (κ3) is 6.56. The Balaban J connectivity index is 0.00000364. The Hall–Kier alpha value is -2.05. The molecule has 0 N–H and O–H groups in total. The second-order valence-electron chi connectivity index (χ2n) is 6.46. The first-order valence-electron chi connectivity index (χ1n) is 8.20. The van der Waals surface area contributed by atoms with Gasteiger partial charge in [-0.05, 0) is 44.3 Å². The van der Waals surface area contributed by atoms with Crippen LogP contribution >= 0.6 is 12.4 Å². The van der Waals surface area contributed by atoms with Gasteiger partial charge >= 0.3 is 6.18 Å². The molecular formula is C20H23ClF3NO2. The van der Waals surface area contributed by atoms with Crippen molar-refractivity contribution in [2.75, 3.05) is 27.7 Å². The Morgan fingerprint density at radius 3 is 2.37 bits per heavy atom. The zero-order valence-corrected chi connectivity index (χ0v) is 16.2. The van der Waals surface area contributed by atoms with Gasteiger partial charge in [-0.25, -0.2) is 0 Å². The lowest BCUT2D eigenvalue weighted by Crippen LogP contribution is -2.29. The van der Waals surface area contributed by atoms with Crippen LogP contribution in [0.25, 0.3) is 0 Å². The zero-order chi connectivity index (χ0) is 19.3. The number of methoxy groups -OCH3 is 1. The Labute approximate surface area is 163 Å². The average molecular weight is 402 g/mol. The minimum atomic E-state index is -4.40. The summed E-state index contributed by atoms with van der Waals surface area (Å²) in [5, 5.41) is 0. The summed E-state index contributed by atoms with van der Waals surface area (Å²) in [6.45, 7) is 0.437. The van der Waals surface area contributed by atoms with Crippen LogP contribution in [0.15, 0.2) is 48.5 Å². The second kappa shape index (κ2) is 9.76. The van der Waals surface area contributed by atoms with E-state index in [0.717, 1.165) is 12.1 Å². The van der Waals surface area contributed by atoms with E-state index < -0.39 is 17.7 Å². The van der Waals surface area contributed by atoms with Gasteiger partial charge in [-0.2, -0.15) is 13.2 Å². The highest BCUT2D eigenvalue weighted by atomic mass is 35.5. The number of rotatable bonds is 7. The topological polar surface area (TPSA) is 29.5 Å². The smallest absolute Gasteiger partial charge is 0.416 e. The lowest BCUT2D eigenvalue weighted by molar-refractivity contribution is -0.137. The molecule has 7 heteroatoms. The summed E-state index contributed by atoms with van der Waals surface area (Å²) in [6, 6.07) is 12.0. The van der Waals surface area contributed by atoms with Gasteiger partial charge in [0.1, 0.15) is 5.75 Å². The van der Waals surface area contributed by atoms with Crippen LogP contribution in [0.5, 0.6) is 5.75 Å². The molecule has 27 heavy (non-hydrogen) atoms. The van der Waals surface area contributed by atoms with Crippen LogP contribution in [0.4, 0.5) is 13.2 Å². The van der Waals surface area contributed by atoms with Gasteiger partial charge in [0.15, 0.2) is 5.78 Å². The molecule has 1 atom stereocenters. The molecule has 1 unspecified atom stereocenters. The molecule has 0 aliphatic carbocycles. The molecule has 0 fully saturated rings. The summed E-state index contributed by atoms with van der Waals surface area (Å²) < 4.78 is 43.9. The van der Waals surface area contributed by atoms with E-state index in [1.54, 1.807) is 30.3 Å². The van der Waals surface area contributed by atoms with E-state index in [-0.39, 0.29) is 24.6 Å². The van der Waals surface area contributed by atoms with Crippen molar-refractivity contribution in [2.24, 2.45) is 5.92 Å². The molecule has 2 rings (SSSR count). The van der Waals surface area contributed by atoms with E-state index >= 15 is 0 Å². The van der Waals surface area contributed by atoms with Gasteiger partial charge < -0.3 is 9.64 Å². The number of hydrogen-bond donors (Lipinski definition) is 0. The molecule has 0 aromatic heterocycles. The predicted molar refractivity (Wildman–Crippen MR) is 102 cm³/mol. The highest BCUT2D eigenvalue weighted by Gasteiger charge is 2.31. The predicted octanol–water partition coefficient (Wildman–Crippen LogP) is 4.74. The van der Waals surface area contributed by atoms with Crippen molar-refractivity contribution in [3.63, 3.8) is 0 Å². The fourth-order valence-electron chi connectivity index (χ4n) is 2.85. The normalized spacial score (nSPS) is 12.4. The lowest BCUT2D eigenvalue weighted by Gasteiger charge is -2.21. The lowest BCUT2D eigenvalue weighted by atomic mass is 9.90. The third-order valence-electron chi connectivity index (χ3n) is 4.05. The Morgan fingerprint density at radius 1 is 1.11 bits per heavy atom. The molecule has 0 radical (unpaired) electrons. The quantitative estimate of drug-likeness (QED) is 0.628. The monoisotopic (exact) mass is 401 g/mol. The average Bonchev–Trinajstić information content (AvgIpc) is 2.59. The minimum absolute atomic E-state index is 0. The number of Topliss-reactive ketones (excluding diaryl/α,β-unsaturated/α-hetero) is 1. The number of carbonyl (C=O) groups excluding carboxylic acids is 1. The van der Waals surface area contributed by atoms with Crippen molar-refractivity contribution >= 4 is 18.2 Å². The van der Waals surface area contributed by atoms with Gasteiger partial charge in [0.2, 0.25) is 0 Å². The van der Waals surface area contributed by atoms with Gasteiger partial charge in [0.25, 0.3) is 0 Å². The molecule has 2 aromatic carbocycles. The largest absolute Gasteiger partial charge is 0.497 e. The maximum absolute atomic E-state index is 12.9. The summed E-state index contributed by atoms with van der Waals surface area (Å²) in [5.74, 6) is -0.00544. The van der Waals surface area contributed by atoms with Crippen LogP contribution in [0.2, 0.25) is 0 Å². The van der Waals surface area contributed by atoms with Crippen molar-refractivity contribution in [2.45, 2.75) is 12.6 Å². The molecule has 0 amide bonds. The Bertz CT molecular complexity index is 763. The number of hydrogen-bond acceptors (Lipinski definition) is 3. The standard InChI is InChI=1S/C20H22F3NO2.ClH/c1-24(2)13-16(19(25)15-7-5-9-18(12-15)26-3)10-14-6-4-8-17(11-14)20(21,22)23;/h4-9,11-12,16H,10,13H2,1-3H3;1H. The summed E-state index contributed by atoms with van der Waals surface area (Å²) in [4.78, 5) is 14.8. The van der Waals surface area contributed by atoms with E-state index in [1.807, 2.05) is 19.0 Å². The van der Waals surface area contributed by atoms with Crippen LogP contribution in [0.3, 0.4) is 0 Å². The number of carbonyl (C=O) groups is 1. The van der Waals surface area contributed by atoms with Crippen molar-refractivity contribution in [3.05, 3.63) is 65.2 Å². The Kier molecular flexibility index (Phi) is 8.31. The molecule has 0 heterocycles.